The number of nitrogens with zero attached hydrogens (tertiary/aromatic N) is 7. The van der Waals surface area contributed by atoms with E-state index in [0.717, 1.165) is 5.56 Å². The average Bonchev–Trinajstić information content (AvgIpc) is 3.84. The van der Waals surface area contributed by atoms with Gasteiger partial charge in [0, 0.05) is 32.5 Å². The van der Waals surface area contributed by atoms with Gasteiger partial charge < -0.3 is 30.3 Å². The Bertz CT molecular complexity index is 1880. The zero-order valence-corrected chi connectivity index (χ0v) is 30.9. The number of rotatable bonds is 8. The highest BCUT2D eigenvalue weighted by Gasteiger charge is 2.29. The molecule has 5 rings (SSSR count). The van der Waals surface area contributed by atoms with Crippen LogP contribution in [0.4, 0.5) is 0 Å². The summed E-state index contributed by atoms with van der Waals surface area (Å²) < 4.78 is 13.8. The van der Waals surface area contributed by atoms with Crippen LogP contribution in [0.1, 0.15) is 80.1 Å². The van der Waals surface area contributed by atoms with Crippen molar-refractivity contribution >= 4 is 23.6 Å². The Morgan fingerprint density at radius 1 is 1.00 bits per heavy atom. The molecule has 4 aromatic rings. The van der Waals surface area contributed by atoms with E-state index in [1.165, 1.54) is 22.0 Å². The van der Waals surface area contributed by atoms with Gasteiger partial charge in [0.15, 0.2) is 17.3 Å². The number of methoxy groups -OCH3 is 2. The van der Waals surface area contributed by atoms with Crippen LogP contribution in [-0.4, -0.2) is 98.0 Å². The van der Waals surface area contributed by atoms with Crippen LogP contribution in [0.15, 0.2) is 55.1 Å². The van der Waals surface area contributed by atoms with Gasteiger partial charge in [-0.3, -0.25) is 19.2 Å². The Labute approximate surface area is 308 Å². The molecule has 3 N–H and O–H groups in total. The second-order valence-electron chi connectivity index (χ2n) is 13.0. The van der Waals surface area contributed by atoms with Crippen LogP contribution >= 0.6 is 0 Å². The molecular weight excluding hydrogens is 680 g/mol. The fourth-order valence-corrected chi connectivity index (χ4v) is 6.20. The largest absolute Gasteiger partial charge is 0.493 e. The van der Waals surface area contributed by atoms with Crippen LogP contribution in [0.2, 0.25) is 0 Å². The molecular formula is C37H48N10O6. The number of aromatic nitrogens is 6. The number of carbonyl (C=O) groups is 4. The van der Waals surface area contributed by atoms with E-state index in [1.807, 2.05) is 32.0 Å². The van der Waals surface area contributed by atoms with E-state index in [1.54, 1.807) is 50.3 Å². The standard InChI is InChI=1S/C37H48N10O6/c1-6-24(2)34-36(50)41-25(3)35-42-31(20-26-14-15-29(52-4)30(19-26)53-5)44-46(35)21-33(49)39-16-10-18-45(17-9-13-32(48)43-34)37(51)27-11-7-8-12-28(27)47-23-38-22-40-47/h7-8,11-12,14-15,19,22-25,34H,6,9-10,13,16-18,20-21H2,1-5H3,(H,39,49)(H,41,50)(H,43,48)/t24-,25+,34-/m0/s1. The summed E-state index contributed by atoms with van der Waals surface area (Å²) in [6, 6.07) is 11.2. The minimum absolute atomic E-state index is 0.106. The number of benzene rings is 2. The Hall–Kier alpha value is -5.80. The fourth-order valence-electron chi connectivity index (χ4n) is 6.20. The molecule has 0 fully saturated rings. The lowest BCUT2D eigenvalue weighted by molar-refractivity contribution is -0.130. The maximum absolute atomic E-state index is 14.0. The second kappa shape index (κ2) is 18.1. The van der Waals surface area contributed by atoms with Crippen LogP contribution in [0.25, 0.3) is 5.69 Å². The monoisotopic (exact) mass is 728 g/mol. The van der Waals surface area contributed by atoms with E-state index in [-0.39, 0.29) is 49.1 Å². The molecule has 4 amide bonds. The zero-order chi connectivity index (χ0) is 37.9. The Morgan fingerprint density at radius 2 is 1.77 bits per heavy atom. The molecule has 0 spiro atoms. The molecule has 0 aliphatic carbocycles. The second-order valence-corrected chi connectivity index (χ2v) is 13.0. The summed E-state index contributed by atoms with van der Waals surface area (Å²) in [7, 11) is 3.13. The number of fused-ring (bicyclic) bond motifs is 1. The number of nitrogens with one attached hydrogen (secondary N) is 3. The summed E-state index contributed by atoms with van der Waals surface area (Å²) in [5, 5.41) is 17.7. The van der Waals surface area contributed by atoms with E-state index < -0.39 is 12.1 Å². The predicted octanol–water partition coefficient (Wildman–Crippen LogP) is 2.62. The number of ether oxygens (including phenoxy) is 2. The topological polar surface area (TPSA) is 187 Å². The lowest BCUT2D eigenvalue weighted by Gasteiger charge is -2.26. The molecule has 0 saturated carbocycles. The predicted molar refractivity (Wildman–Crippen MR) is 194 cm³/mol. The third kappa shape index (κ3) is 9.75. The Kier molecular flexibility index (Phi) is 13.1. The Balaban J connectivity index is 1.40. The van der Waals surface area contributed by atoms with Gasteiger partial charge in [-0.05, 0) is 55.5 Å². The maximum atomic E-state index is 14.0. The van der Waals surface area contributed by atoms with Crippen molar-refractivity contribution in [1.29, 1.82) is 0 Å². The first kappa shape index (κ1) is 38.4. The van der Waals surface area contributed by atoms with Gasteiger partial charge in [-0.25, -0.2) is 19.3 Å². The SMILES string of the molecule is CC[C@H](C)[C@@H]1NC(=O)CCCN(C(=O)c2ccccc2-n2cncn2)CCCNC(=O)Cn2nc(Cc3ccc(OC)c(OC)c3)nc2[C@@H](C)NC1=O. The number of amides is 4. The number of hydrogen-bond acceptors (Lipinski definition) is 10. The molecule has 3 heterocycles. The molecule has 1 aliphatic heterocycles. The molecule has 1 aliphatic rings. The van der Waals surface area contributed by atoms with Gasteiger partial charge in [0.1, 0.15) is 31.1 Å². The molecule has 2 aromatic heterocycles. The van der Waals surface area contributed by atoms with Crippen molar-refractivity contribution in [3.05, 3.63) is 77.9 Å². The molecule has 53 heavy (non-hydrogen) atoms. The smallest absolute Gasteiger partial charge is 0.256 e. The number of para-hydroxylation sites is 1. The van der Waals surface area contributed by atoms with E-state index in [2.05, 4.69) is 31.1 Å². The van der Waals surface area contributed by atoms with Gasteiger partial charge >= 0.3 is 0 Å². The van der Waals surface area contributed by atoms with E-state index in [0.29, 0.717) is 73.2 Å². The fraction of sp³-hybridized carbons (Fsp3) is 0.459. The first-order chi connectivity index (χ1) is 25.6. The molecule has 0 bridgehead atoms. The molecule has 0 radical (unpaired) electrons. The van der Waals surface area contributed by atoms with Crippen molar-refractivity contribution in [3.63, 3.8) is 0 Å². The van der Waals surface area contributed by atoms with Crippen LogP contribution in [0.3, 0.4) is 0 Å². The normalized spacial score (nSPS) is 18.4. The summed E-state index contributed by atoms with van der Waals surface area (Å²) in [5.41, 5.74) is 1.87. The van der Waals surface area contributed by atoms with Crippen molar-refractivity contribution in [2.24, 2.45) is 5.92 Å². The summed E-state index contributed by atoms with van der Waals surface area (Å²) in [6.07, 6.45) is 4.84. The van der Waals surface area contributed by atoms with Crippen molar-refractivity contribution in [2.75, 3.05) is 33.9 Å². The van der Waals surface area contributed by atoms with Crippen LogP contribution in [0, 0.1) is 5.92 Å². The van der Waals surface area contributed by atoms with Gasteiger partial charge in [0.2, 0.25) is 17.7 Å². The first-order valence-electron chi connectivity index (χ1n) is 17.9. The zero-order valence-electron chi connectivity index (χ0n) is 30.9. The minimum atomic E-state index is -0.813. The average molecular weight is 729 g/mol. The highest BCUT2D eigenvalue weighted by atomic mass is 16.5. The third-order valence-electron chi connectivity index (χ3n) is 9.25. The van der Waals surface area contributed by atoms with E-state index >= 15 is 0 Å². The molecule has 0 unspecified atom stereocenters. The van der Waals surface area contributed by atoms with Gasteiger partial charge in [-0.1, -0.05) is 38.5 Å². The van der Waals surface area contributed by atoms with Gasteiger partial charge in [-0.2, -0.15) is 10.2 Å². The summed E-state index contributed by atoms with van der Waals surface area (Å²) in [5.74, 6) is 0.612. The van der Waals surface area contributed by atoms with Gasteiger partial charge in [0.05, 0.1) is 31.5 Å². The van der Waals surface area contributed by atoms with Gasteiger partial charge in [0.25, 0.3) is 5.91 Å². The quantitative estimate of drug-likeness (QED) is 0.244. The first-order valence-corrected chi connectivity index (χ1v) is 17.9. The van der Waals surface area contributed by atoms with Crippen LogP contribution < -0.4 is 25.4 Å². The summed E-state index contributed by atoms with van der Waals surface area (Å²) >= 11 is 0. The van der Waals surface area contributed by atoms with Crippen molar-refractivity contribution < 1.29 is 28.7 Å². The molecule has 16 heteroatoms. The van der Waals surface area contributed by atoms with E-state index in [4.69, 9.17) is 14.5 Å². The third-order valence-corrected chi connectivity index (χ3v) is 9.25. The summed E-state index contributed by atoms with van der Waals surface area (Å²) in [6.45, 7) is 6.39. The van der Waals surface area contributed by atoms with Gasteiger partial charge in [-0.15, -0.1) is 0 Å². The van der Waals surface area contributed by atoms with Crippen molar-refractivity contribution in [3.8, 4) is 17.2 Å². The lowest BCUT2D eigenvalue weighted by Crippen LogP contribution is -2.51. The molecule has 0 saturated heterocycles. The van der Waals surface area contributed by atoms with Crippen LogP contribution in [0.5, 0.6) is 11.5 Å². The van der Waals surface area contributed by atoms with Crippen molar-refractivity contribution in [1.82, 2.24) is 50.4 Å². The Morgan fingerprint density at radius 3 is 2.51 bits per heavy atom. The summed E-state index contributed by atoms with van der Waals surface area (Å²) in [4.78, 5) is 64.7. The highest BCUT2D eigenvalue weighted by Crippen LogP contribution is 2.28. The molecule has 282 valence electrons. The number of carbonyl (C=O) groups excluding carboxylic acids is 4. The van der Waals surface area contributed by atoms with Crippen LogP contribution in [-0.2, 0) is 27.3 Å². The minimum Gasteiger partial charge on any atom is -0.493 e. The molecule has 3 atom stereocenters. The molecule has 16 nitrogen and oxygen atoms in total. The lowest BCUT2D eigenvalue weighted by atomic mass is 9.97. The van der Waals surface area contributed by atoms with E-state index in [9.17, 15) is 19.2 Å². The van der Waals surface area contributed by atoms with Crippen molar-refractivity contribution in [2.45, 2.75) is 71.5 Å². The molecule has 2 aromatic carbocycles. The highest BCUT2D eigenvalue weighted by molar-refractivity contribution is 5.97. The maximum Gasteiger partial charge on any atom is 0.256 e. The number of hydrogen-bond donors (Lipinski definition) is 3.